The zero-order chi connectivity index (χ0) is 30.6. The van der Waals surface area contributed by atoms with Gasteiger partial charge in [-0.2, -0.15) is 0 Å². The van der Waals surface area contributed by atoms with E-state index in [1.54, 1.807) is 4.57 Å². The number of hydrogen-bond donors (Lipinski definition) is 1. The Kier molecular flexibility index (Phi) is 9.34. The summed E-state index contributed by atoms with van der Waals surface area (Å²) in [7, 11) is 0. The lowest BCUT2D eigenvalue weighted by Gasteiger charge is -2.24. The van der Waals surface area contributed by atoms with Crippen molar-refractivity contribution in [1.82, 2.24) is 4.57 Å². The van der Waals surface area contributed by atoms with E-state index in [9.17, 15) is 9.59 Å². The fourth-order valence-corrected chi connectivity index (χ4v) is 6.76. The van der Waals surface area contributed by atoms with Gasteiger partial charge in [0.25, 0.3) is 5.56 Å². The number of carbonyl (C=O) groups excluding carboxylic acids is 1. The largest absolute Gasteiger partial charge is 0.325 e. The van der Waals surface area contributed by atoms with Crippen molar-refractivity contribution in [3.8, 4) is 0 Å². The monoisotopic (exact) mass is 574 g/mol. The second-order valence-corrected chi connectivity index (χ2v) is 13.7. The van der Waals surface area contributed by atoms with Gasteiger partial charge in [-0.1, -0.05) is 100 Å². The molecule has 1 atom stereocenters. The molecule has 224 valence electrons. The predicted molar refractivity (Wildman–Crippen MR) is 180 cm³/mol. The molecular weight excluding hydrogens is 528 g/mol. The summed E-state index contributed by atoms with van der Waals surface area (Å²) < 4.78 is 1.76. The zero-order valence-electron chi connectivity index (χ0n) is 26.3. The fraction of sp³-hybridized carbons (Fsp3) is 0.385. The van der Waals surface area contributed by atoms with Crippen molar-refractivity contribution in [2.45, 2.75) is 85.1 Å². The second kappa shape index (κ2) is 13.2. The Balaban J connectivity index is 1.32. The quantitative estimate of drug-likeness (QED) is 0.192. The van der Waals surface area contributed by atoms with Crippen LogP contribution in [0.15, 0.2) is 95.9 Å². The minimum atomic E-state index is -0.199. The first-order valence-electron chi connectivity index (χ1n) is 15.8. The van der Waals surface area contributed by atoms with Crippen LogP contribution in [-0.2, 0) is 17.8 Å². The Morgan fingerprint density at radius 1 is 0.977 bits per heavy atom. The van der Waals surface area contributed by atoms with Crippen molar-refractivity contribution in [2.24, 2.45) is 11.3 Å². The van der Waals surface area contributed by atoms with Gasteiger partial charge in [0.1, 0.15) is 0 Å². The van der Waals surface area contributed by atoms with Crippen LogP contribution >= 0.6 is 0 Å². The number of fused-ring (bicyclic) bond motifs is 1. The molecule has 3 aromatic carbocycles. The Hall–Kier alpha value is -3.92. The second-order valence-electron chi connectivity index (χ2n) is 13.7. The highest BCUT2D eigenvalue weighted by Gasteiger charge is 2.32. The first-order valence-corrected chi connectivity index (χ1v) is 15.8. The predicted octanol–water partition coefficient (Wildman–Crippen LogP) is 9.20. The first kappa shape index (κ1) is 30.5. The van der Waals surface area contributed by atoms with Crippen molar-refractivity contribution in [1.29, 1.82) is 0 Å². The van der Waals surface area contributed by atoms with Crippen LogP contribution in [-0.4, -0.2) is 10.5 Å². The van der Waals surface area contributed by atoms with E-state index >= 15 is 0 Å². The van der Waals surface area contributed by atoms with Crippen LogP contribution < -0.4 is 10.9 Å². The SMILES string of the molecule is C=C(CCc1cccc(NC(=O)C(c2ccc(Cn3ccc4ccccc4c3=O)cc2)C2CCCC2)c1C)CC(C)(C)C. The number of nitrogens with one attached hydrogen (secondary N) is 1. The molecule has 1 aliphatic carbocycles. The first-order chi connectivity index (χ1) is 20.6. The molecule has 4 nitrogen and oxygen atoms in total. The fourth-order valence-electron chi connectivity index (χ4n) is 6.76. The number of carbonyl (C=O) groups is 1. The Bertz CT molecular complexity index is 1650. The molecule has 0 aliphatic heterocycles. The van der Waals surface area contributed by atoms with Crippen LogP contribution in [0, 0.1) is 18.3 Å². The van der Waals surface area contributed by atoms with E-state index in [0.717, 1.165) is 65.3 Å². The van der Waals surface area contributed by atoms with Crippen molar-refractivity contribution in [3.05, 3.63) is 124 Å². The van der Waals surface area contributed by atoms with Gasteiger partial charge in [0.05, 0.1) is 12.5 Å². The number of aryl methyl sites for hydroxylation is 1. The van der Waals surface area contributed by atoms with E-state index < -0.39 is 0 Å². The number of benzene rings is 3. The Morgan fingerprint density at radius 3 is 2.42 bits per heavy atom. The lowest BCUT2D eigenvalue weighted by Crippen LogP contribution is -2.27. The smallest absolute Gasteiger partial charge is 0.258 e. The van der Waals surface area contributed by atoms with Gasteiger partial charge < -0.3 is 9.88 Å². The molecule has 1 unspecified atom stereocenters. The summed E-state index contributed by atoms with van der Waals surface area (Å²) in [6.07, 6.45) is 9.25. The molecule has 1 saturated carbocycles. The Morgan fingerprint density at radius 2 is 1.70 bits per heavy atom. The van der Waals surface area contributed by atoms with Gasteiger partial charge >= 0.3 is 0 Å². The number of anilines is 1. The van der Waals surface area contributed by atoms with Crippen LogP contribution in [0.25, 0.3) is 10.8 Å². The maximum absolute atomic E-state index is 14.0. The molecule has 1 aromatic heterocycles. The van der Waals surface area contributed by atoms with E-state index in [0.29, 0.717) is 12.5 Å². The number of amides is 1. The average Bonchev–Trinajstić information content (AvgIpc) is 3.50. The molecule has 5 rings (SSSR count). The van der Waals surface area contributed by atoms with E-state index in [1.165, 1.54) is 24.0 Å². The summed E-state index contributed by atoms with van der Waals surface area (Å²) in [4.78, 5) is 27.0. The van der Waals surface area contributed by atoms with E-state index in [4.69, 9.17) is 0 Å². The van der Waals surface area contributed by atoms with Crippen molar-refractivity contribution in [3.63, 3.8) is 0 Å². The number of nitrogens with zero attached hydrogens (tertiary/aromatic N) is 1. The minimum Gasteiger partial charge on any atom is -0.325 e. The third-order valence-electron chi connectivity index (χ3n) is 8.96. The van der Waals surface area contributed by atoms with Crippen molar-refractivity contribution in [2.75, 3.05) is 5.32 Å². The molecule has 1 N–H and O–H groups in total. The van der Waals surface area contributed by atoms with Crippen LogP contribution in [0.2, 0.25) is 0 Å². The third-order valence-corrected chi connectivity index (χ3v) is 8.96. The standard InChI is InChI=1S/C39H46N2O2/c1-27(25-39(3,4)5)17-20-30-14-10-16-35(28(30)2)40-37(42)36(32-12-6-7-13-32)33-21-18-29(19-22-33)26-41-24-23-31-11-8-9-15-34(31)38(41)43/h8-11,14-16,18-19,21-24,32,36H,1,6-7,12-13,17,20,25-26H2,2-5H3,(H,40,42). The summed E-state index contributed by atoms with van der Waals surface area (Å²) in [6.45, 7) is 13.7. The molecule has 4 heteroatoms. The van der Waals surface area contributed by atoms with Crippen molar-refractivity contribution < 1.29 is 4.79 Å². The molecular formula is C39H46N2O2. The summed E-state index contributed by atoms with van der Waals surface area (Å²) in [5.74, 6) is 0.204. The van der Waals surface area contributed by atoms with Gasteiger partial charge in [-0.05, 0) is 96.2 Å². The maximum Gasteiger partial charge on any atom is 0.258 e. The summed E-state index contributed by atoms with van der Waals surface area (Å²) >= 11 is 0. The Labute approximate surface area is 256 Å². The number of hydrogen-bond acceptors (Lipinski definition) is 2. The van der Waals surface area contributed by atoms with Gasteiger partial charge in [-0.3, -0.25) is 9.59 Å². The van der Waals surface area contributed by atoms with E-state index in [-0.39, 0.29) is 22.8 Å². The number of aromatic nitrogens is 1. The van der Waals surface area contributed by atoms with E-state index in [1.807, 2.05) is 42.6 Å². The number of rotatable bonds is 10. The molecule has 1 amide bonds. The van der Waals surface area contributed by atoms with Gasteiger partial charge in [0, 0.05) is 17.3 Å². The topological polar surface area (TPSA) is 51.1 Å². The van der Waals surface area contributed by atoms with Crippen molar-refractivity contribution >= 4 is 22.4 Å². The lowest BCUT2D eigenvalue weighted by molar-refractivity contribution is -0.118. The minimum absolute atomic E-state index is 0.0153. The normalized spacial score (nSPS) is 14.6. The molecule has 4 aromatic rings. The summed E-state index contributed by atoms with van der Waals surface area (Å²) in [5, 5.41) is 5.01. The lowest BCUT2D eigenvalue weighted by atomic mass is 9.83. The molecule has 43 heavy (non-hydrogen) atoms. The van der Waals surface area contributed by atoms with Gasteiger partial charge in [0.2, 0.25) is 5.91 Å². The number of allylic oxidation sites excluding steroid dienone is 1. The highest BCUT2D eigenvalue weighted by molar-refractivity contribution is 5.97. The van der Waals surface area contributed by atoms with Crippen LogP contribution in [0.5, 0.6) is 0 Å². The molecule has 0 bridgehead atoms. The van der Waals surface area contributed by atoms with Gasteiger partial charge in [0.15, 0.2) is 0 Å². The highest BCUT2D eigenvalue weighted by atomic mass is 16.2. The van der Waals surface area contributed by atoms with Gasteiger partial charge in [-0.25, -0.2) is 0 Å². The summed E-state index contributed by atoms with van der Waals surface area (Å²) in [5.41, 5.74) is 6.93. The molecule has 1 fully saturated rings. The molecule has 0 spiro atoms. The van der Waals surface area contributed by atoms with Gasteiger partial charge in [-0.15, -0.1) is 0 Å². The van der Waals surface area contributed by atoms with Crippen LogP contribution in [0.1, 0.15) is 87.5 Å². The highest BCUT2D eigenvalue weighted by Crippen LogP contribution is 2.38. The van der Waals surface area contributed by atoms with E-state index in [2.05, 4.69) is 76.0 Å². The summed E-state index contributed by atoms with van der Waals surface area (Å²) in [6, 6.07) is 24.3. The molecule has 0 saturated heterocycles. The molecule has 1 heterocycles. The zero-order valence-corrected chi connectivity index (χ0v) is 26.3. The number of pyridine rings is 1. The van der Waals surface area contributed by atoms with Crippen LogP contribution in [0.4, 0.5) is 5.69 Å². The average molecular weight is 575 g/mol. The third kappa shape index (κ3) is 7.54. The maximum atomic E-state index is 14.0. The molecule has 1 aliphatic rings. The molecule has 0 radical (unpaired) electrons. The van der Waals surface area contributed by atoms with Crippen LogP contribution in [0.3, 0.4) is 0 Å².